The fraction of sp³-hybridized carbons (Fsp3) is 0.318. The van der Waals surface area contributed by atoms with Gasteiger partial charge in [0.25, 0.3) is 11.5 Å². The van der Waals surface area contributed by atoms with Crippen molar-refractivity contribution in [1.82, 2.24) is 14.5 Å². The summed E-state index contributed by atoms with van der Waals surface area (Å²) in [6, 6.07) is 12.2. The Balaban J connectivity index is 2.09. The highest BCUT2D eigenvalue weighted by Gasteiger charge is 2.26. The molecule has 152 valence electrons. The van der Waals surface area contributed by atoms with Gasteiger partial charge in [-0.1, -0.05) is 18.2 Å². The second kappa shape index (κ2) is 8.96. The minimum Gasteiger partial charge on any atom is -0.383 e. The summed E-state index contributed by atoms with van der Waals surface area (Å²) in [4.78, 5) is 32.3. The molecule has 0 saturated carbocycles. The van der Waals surface area contributed by atoms with E-state index in [4.69, 9.17) is 4.74 Å². The van der Waals surface area contributed by atoms with Crippen LogP contribution in [0.15, 0.2) is 53.3 Å². The van der Waals surface area contributed by atoms with Crippen molar-refractivity contribution in [2.75, 3.05) is 20.3 Å². The second-order valence-electron chi connectivity index (χ2n) is 6.71. The molecule has 0 radical (unpaired) electrons. The molecular weight excluding hydrogens is 373 g/mol. The number of carbonyl (C=O) groups excluding carboxylic acids is 1. The van der Waals surface area contributed by atoms with E-state index in [1.165, 1.54) is 18.2 Å². The summed E-state index contributed by atoms with van der Waals surface area (Å²) < 4.78 is 20.4. The summed E-state index contributed by atoms with van der Waals surface area (Å²) in [7, 11) is 1.55. The van der Waals surface area contributed by atoms with Crippen LogP contribution in [0, 0.1) is 5.82 Å². The Hall–Kier alpha value is -3.06. The van der Waals surface area contributed by atoms with Crippen LogP contribution in [0.1, 0.15) is 36.1 Å². The SMILES string of the molecule is CCn1c(C(C)N(CCOC)C(=O)c2cccc(F)c2)nc2ccccc2c1=O. The number of halogens is 1. The number of ether oxygens (including phenoxy) is 1. The van der Waals surface area contributed by atoms with E-state index in [1.807, 2.05) is 19.9 Å². The van der Waals surface area contributed by atoms with E-state index >= 15 is 0 Å². The lowest BCUT2D eigenvalue weighted by atomic mass is 10.1. The third-order valence-electron chi connectivity index (χ3n) is 4.92. The number of carbonyl (C=O) groups is 1. The summed E-state index contributed by atoms with van der Waals surface area (Å²) >= 11 is 0. The molecule has 0 spiro atoms. The number of amides is 1. The third kappa shape index (κ3) is 4.19. The number of aromatic nitrogens is 2. The summed E-state index contributed by atoms with van der Waals surface area (Å²) in [5.74, 6) is -0.347. The number of benzene rings is 2. The Bertz CT molecular complexity index is 1080. The maximum Gasteiger partial charge on any atom is 0.261 e. The molecule has 1 amide bonds. The van der Waals surface area contributed by atoms with Gasteiger partial charge in [-0.05, 0) is 44.2 Å². The fourth-order valence-corrected chi connectivity index (χ4v) is 3.40. The smallest absolute Gasteiger partial charge is 0.261 e. The van der Waals surface area contributed by atoms with Crippen LogP contribution < -0.4 is 5.56 Å². The topological polar surface area (TPSA) is 64.4 Å². The molecule has 1 heterocycles. The van der Waals surface area contributed by atoms with Gasteiger partial charge in [-0.3, -0.25) is 14.2 Å². The van der Waals surface area contributed by atoms with Gasteiger partial charge in [0.05, 0.1) is 23.6 Å². The molecule has 0 N–H and O–H groups in total. The third-order valence-corrected chi connectivity index (χ3v) is 4.92. The number of fused-ring (bicyclic) bond motifs is 1. The number of para-hydroxylation sites is 1. The zero-order valence-electron chi connectivity index (χ0n) is 16.8. The van der Waals surface area contributed by atoms with Crippen molar-refractivity contribution in [2.24, 2.45) is 0 Å². The van der Waals surface area contributed by atoms with Gasteiger partial charge in [-0.15, -0.1) is 0 Å². The van der Waals surface area contributed by atoms with E-state index in [9.17, 15) is 14.0 Å². The number of methoxy groups -OCH3 is 1. The van der Waals surface area contributed by atoms with Crippen molar-refractivity contribution in [3.63, 3.8) is 0 Å². The molecule has 2 aromatic carbocycles. The Labute approximate surface area is 168 Å². The van der Waals surface area contributed by atoms with Crippen LogP contribution in [0.25, 0.3) is 10.9 Å². The highest BCUT2D eigenvalue weighted by molar-refractivity contribution is 5.94. The van der Waals surface area contributed by atoms with E-state index in [-0.39, 0.29) is 23.6 Å². The fourth-order valence-electron chi connectivity index (χ4n) is 3.40. The highest BCUT2D eigenvalue weighted by Crippen LogP contribution is 2.22. The van der Waals surface area contributed by atoms with Crippen LogP contribution in [0.2, 0.25) is 0 Å². The van der Waals surface area contributed by atoms with Gasteiger partial charge in [0.1, 0.15) is 11.6 Å². The van der Waals surface area contributed by atoms with E-state index in [1.54, 1.807) is 40.8 Å². The molecule has 0 aliphatic rings. The van der Waals surface area contributed by atoms with Gasteiger partial charge in [0, 0.05) is 25.8 Å². The maximum absolute atomic E-state index is 13.7. The maximum atomic E-state index is 13.7. The van der Waals surface area contributed by atoms with E-state index in [2.05, 4.69) is 4.98 Å². The summed E-state index contributed by atoms with van der Waals surface area (Å²) in [5.41, 5.74) is 0.665. The summed E-state index contributed by atoms with van der Waals surface area (Å²) in [6.45, 7) is 4.68. The van der Waals surface area contributed by atoms with Crippen molar-refractivity contribution < 1.29 is 13.9 Å². The predicted molar refractivity (Wildman–Crippen MR) is 109 cm³/mol. The van der Waals surface area contributed by atoms with Crippen LogP contribution in [-0.2, 0) is 11.3 Å². The predicted octanol–water partition coefficient (Wildman–Crippen LogP) is 3.41. The molecule has 0 saturated heterocycles. The number of hydrogen-bond donors (Lipinski definition) is 0. The van der Waals surface area contributed by atoms with Crippen molar-refractivity contribution in [3.05, 3.63) is 76.1 Å². The molecule has 0 fully saturated rings. The molecule has 0 aliphatic carbocycles. The zero-order chi connectivity index (χ0) is 21.0. The quantitative estimate of drug-likeness (QED) is 0.613. The molecule has 3 aromatic rings. The average molecular weight is 397 g/mol. The first-order valence-corrected chi connectivity index (χ1v) is 9.52. The standard InChI is InChI=1S/C22H24FN3O3/c1-4-25-20(24-19-11-6-5-10-18(19)22(25)28)15(2)26(12-13-29-3)21(27)16-8-7-9-17(23)14-16/h5-11,14-15H,4,12-13H2,1-3H3. The molecular formula is C22H24FN3O3. The molecule has 1 unspecified atom stereocenters. The lowest BCUT2D eigenvalue weighted by Gasteiger charge is -2.30. The normalized spacial score (nSPS) is 12.1. The molecule has 0 bridgehead atoms. The Morgan fingerprint density at radius 3 is 2.69 bits per heavy atom. The first-order chi connectivity index (χ1) is 14.0. The van der Waals surface area contributed by atoms with Crippen molar-refractivity contribution >= 4 is 16.8 Å². The van der Waals surface area contributed by atoms with Gasteiger partial charge in [0.2, 0.25) is 0 Å². The summed E-state index contributed by atoms with van der Waals surface area (Å²) in [5, 5.41) is 0.533. The van der Waals surface area contributed by atoms with Crippen LogP contribution in [0.5, 0.6) is 0 Å². The number of rotatable bonds is 7. The Kier molecular flexibility index (Phi) is 6.39. The summed E-state index contributed by atoms with van der Waals surface area (Å²) in [6.07, 6.45) is 0. The van der Waals surface area contributed by atoms with Gasteiger partial charge in [-0.25, -0.2) is 9.37 Å². The van der Waals surface area contributed by atoms with Gasteiger partial charge in [0.15, 0.2) is 0 Å². The minimum absolute atomic E-state index is 0.148. The van der Waals surface area contributed by atoms with Crippen molar-refractivity contribution in [2.45, 2.75) is 26.4 Å². The van der Waals surface area contributed by atoms with Gasteiger partial charge < -0.3 is 9.64 Å². The lowest BCUT2D eigenvalue weighted by Crippen LogP contribution is -2.39. The molecule has 7 heteroatoms. The zero-order valence-corrected chi connectivity index (χ0v) is 16.8. The number of hydrogen-bond acceptors (Lipinski definition) is 4. The number of nitrogens with zero attached hydrogens (tertiary/aromatic N) is 3. The molecule has 1 aromatic heterocycles. The Morgan fingerprint density at radius 2 is 2.00 bits per heavy atom. The molecule has 3 rings (SSSR count). The lowest BCUT2D eigenvalue weighted by molar-refractivity contribution is 0.0602. The first kappa shape index (κ1) is 20.7. The molecule has 1 atom stereocenters. The second-order valence-corrected chi connectivity index (χ2v) is 6.71. The van der Waals surface area contributed by atoms with Crippen LogP contribution >= 0.6 is 0 Å². The van der Waals surface area contributed by atoms with E-state index < -0.39 is 11.9 Å². The van der Waals surface area contributed by atoms with Crippen LogP contribution in [0.4, 0.5) is 4.39 Å². The monoisotopic (exact) mass is 397 g/mol. The minimum atomic E-state index is -0.516. The van der Waals surface area contributed by atoms with E-state index in [0.717, 1.165) is 0 Å². The van der Waals surface area contributed by atoms with Gasteiger partial charge in [-0.2, -0.15) is 0 Å². The van der Waals surface area contributed by atoms with Crippen LogP contribution in [-0.4, -0.2) is 40.6 Å². The first-order valence-electron chi connectivity index (χ1n) is 9.52. The molecule has 6 nitrogen and oxygen atoms in total. The van der Waals surface area contributed by atoms with Gasteiger partial charge >= 0.3 is 0 Å². The van der Waals surface area contributed by atoms with E-state index in [0.29, 0.717) is 29.9 Å². The van der Waals surface area contributed by atoms with Crippen LogP contribution in [0.3, 0.4) is 0 Å². The van der Waals surface area contributed by atoms with Crippen molar-refractivity contribution in [3.8, 4) is 0 Å². The Morgan fingerprint density at radius 1 is 1.24 bits per heavy atom. The largest absolute Gasteiger partial charge is 0.383 e. The highest BCUT2D eigenvalue weighted by atomic mass is 19.1. The molecule has 29 heavy (non-hydrogen) atoms. The van der Waals surface area contributed by atoms with Crippen molar-refractivity contribution in [1.29, 1.82) is 0 Å². The molecule has 0 aliphatic heterocycles. The average Bonchev–Trinajstić information content (AvgIpc) is 2.73.